The molecule has 2 aromatic rings. The van der Waals surface area contributed by atoms with Crippen molar-refractivity contribution in [2.75, 3.05) is 14.2 Å². The summed E-state index contributed by atoms with van der Waals surface area (Å²) in [6.07, 6.45) is 0. The third-order valence-corrected chi connectivity index (χ3v) is 6.19. The quantitative estimate of drug-likeness (QED) is 0.783. The Morgan fingerprint density at radius 2 is 1.67 bits per heavy atom. The van der Waals surface area contributed by atoms with Crippen molar-refractivity contribution in [2.45, 2.75) is 16.4 Å². The van der Waals surface area contributed by atoms with Gasteiger partial charge in [-0.3, -0.25) is 0 Å². The summed E-state index contributed by atoms with van der Waals surface area (Å²) in [6.45, 7) is 0. The molecule has 130 valence electrons. The average molecular weight is 370 g/mol. The lowest BCUT2D eigenvalue weighted by Crippen LogP contribution is -2.18. The van der Waals surface area contributed by atoms with Crippen molar-refractivity contribution in [1.82, 2.24) is 9.71 Å². The van der Waals surface area contributed by atoms with Crippen LogP contribution in [0.15, 0.2) is 47.4 Å². The molecule has 0 unspecified atom stereocenters. The van der Waals surface area contributed by atoms with E-state index in [2.05, 4.69) is 9.71 Å². The summed E-state index contributed by atoms with van der Waals surface area (Å²) in [5.74, 6) is -0.0728. The van der Waals surface area contributed by atoms with Gasteiger partial charge in [-0.15, -0.1) is 0 Å². The van der Waals surface area contributed by atoms with E-state index in [1.807, 2.05) is 0 Å². The van der Waals surface area contributed by atoms with Crippen LogP contribution in [0.4, 0.5) is 0 Å². The van der Waals surface area contributed by atoms with Crippen molar-refractivity contribution in [2.24, 2.45) is 0 Å². The fourth-order valence-corrected chi connectivity index (χ4v) is 4.21. The van der Waals surface area contributed by atoms with Crippen molar-refractivity contribution in [3.8, 4) is 5.88 Å². The molecular weight excluding hydrogens is 352 g/mol. The normalized spacial score (nSPS) is 12.1. The number of hydrogen-bond donors (Lipinski definition) is 1. The van der Waals surface area contributed by atoms with E-state index >= 15 is 0 Å². The predicted molar refractivity (Wildman–Crippen MR) is 89.8 cm³/mol. The molecule has 24 heavy (non-hydrogen) atoms. The first kappa shape index (κ1) is 18.4. The van der Waals surface area contributed by atoms with Crippen molar-refractivity contribution in [3.05, 3.63) is 53.7 Å². The van der Waals surface area contributed by atoms with E-state index in [4.69, 9.17) is 4.74 Å². The molecule has 9 heteroatoms. The van der Waals surface area contributed by atoms with E-state index in [-0.39, 0.29) is 16.4 Å². The van der Waals surface area contributed by atoms with Gasteiger partial charge in [0.1, 0.15) is 0 Å². The number of sulfone groups is 1. The molecule has 0 atom stereocenters. The summed E-state index contributed by atoms with van der Waals surface area (Å²) in [5, 5.41) is 0. The molecule has 0 saturated heterocycles. The molecule has 0 radical (unpaired) electrons. The summed E-state index contributed by atoms with van der Waals surface area (Å²) >= 11 is 0. The minimum atomic E-state index is -3.54. The maximum atomic E-state index is 12.3. The summed E-state index contributed by atoms with van der Waals surface area (Å²) in [6, 6.07) is 10.6. The SMILES string of the molecule is CNS(=O)(=O)c1ccc(CS(=O)(=O)Cc2cccc(OC)n2)cc1. The highest BCUT2D eigenvalue weighted by molar-refractivity contribution is 7.90. The molecule has 1 N–H and O–H groups in total. The van der Waals surface area contributed by atoms with Crippen LogP contribution in [0.1, 0.15) is 11.3 Å². The average Bonchev–Trinajstić information content (AvgIpc) is 2.54. The van der Waals surface area contributed by atoms with E-state index < -0.39 is 19.9 Å². The molecular formula is C15H18N2O5S2. The molecule has 7 nitrogen and oxygen atoms in total. The van der Waals surface area contributed by atoms with Crippen LogP contribution in [-0.4, -0.2) is 36.0 Å². The largest absolute Gasteiger partial charge is 0.481 e. The Morgan fingerprint density at radius 1 is 1.00 bits per heavy atom. The lowest BCUT2D eigenvalue weighted by molar-refractivity contribution is 0.396. The van der Waals surface area contributed by atoms with Gasteiger partial charge in [-0.05, 0) is 30.8 Å². The van der Waals surface area contributed by atoms with E-state index in [1.165, 1.54) is 38.4 Å². The topological polar surface area (TPSA) is 102 Å². The fraction of sp³-hybridized carbons (Fsp3) is 0.267. The maximum absolute atomic E-state index is 12.3. The molecule has 0 saturated carbocycles. The van der Waals surface area contributed by atoms with Gasteiger partial charge in [0.25, 0.3) is 0 Å². The lowest BCUT2D eigenvalue weighted by atomic mass is 10.2. The number of aromatic nitrogens is 1. The number of pyridine rings is 1. The Balaban J connectivity index is 2.14. The fourth-order valence-electron chi connectivity index (χ4n) is 2.06. The van der Waals surface area contributed by atoms with Crippen LogP contribution in [0.5, 0.6) is 5.88 Å². The minimum Gasteiger partial charge on any atom is -0.481 e. The van der Waals surface area contributed by atoms with E-state index in [9.17, 15) is 16.8 Å². The van der Waals surface area contributed by atoms with Gasteiger partial charge in [-0.2, -0.15) is 0 Å². The monoisotopic (exact) mass is 370 g/mol. The first-order chi connectivity index (χ1) is 11.3. The Kier molecular flexibility index (Phi) is 5.58. The third kappa shape index (κ3) is 4.76. The summed E-state index contributed by atoms with van der Waals surface area (Å²) in [7, 11) is -4.21. The number of hydrogen-bond acceptors (Lipinski definition) is 6. The molecule has 0 aliphatic heterocycles. The van der Waals surface area contributed by atoms with Crippen LogP contribution in [0.3, 0.4) is 0 Å². The van der Waals surface area contributed by atoms with Crippen molar-refractivity contribution >= 4 is 19.9 Å². The Labute approximate surface area is 141 Å². The van der Waals surface area contributed by atoms with Gasteiger partial charge in [0.15, 0.2) is 9.84 Å². The maximum Gasteiger partial charge on any atom is 0.240 e. The second kappa shape index (κ2) is 7.29. The smallest absolute Gasteiger partial charge is 0.240 e. The highest BCUT2D eigenvalue weighted by Crippen LogP contribution is 2.16. The van der Waals surface area contributed by atoms with Gasteiger partial charge >= 0.3 is 0 Å². The molecule has 0 bridgehead atoms. The minimum absolute atomic E-state index is 0.0839. The van der Waals surface area contributed by atoms with E-state index in [0.29, 0.717) is 17.1 Å². The molecule has 1 aromatic heterocycles. The summed E-state index contributed by atoms with van der Waals surface area (Å²) in [4.78, 5) is 4.17. The zero-order valence-electron chi connectivity index (χ0n) is 13.3. The lowest BCUT2D eigenvalue weighted by Gasteiger charge is -2.07. The Hall–Kier alpha value is -1.97. The van der Waals surface area contributed by atoms with Gasteiger partial charge in [-0.25, -0.2) is 26.5 Å². The zero-order chi connectivity index (χ0) is 17.8. The van der Waals surface area contributed by atoms with Gasteiger partial charge in [-0.1, -0.05) is 18.2 Å². The second-order valence-corrected chi connectivity index (χ2v) is 9.01. The van der Waals surface area contributed by atoms with Crippen LogP contribution in [0.25, 0.3) is 0 Å². The number of nitrogens with one attached hydrogen (secondary N) is 1. The number of ether oxygens (including phenoxy) is 1. The van der Waals surface area contributed by atoms with Gasteiger partial charge in [0, 0.05) is 6.07 Å². The highest BCUT2D eigenvalue weighted by Gasteiger charge is 2.16. The first-order valence-electron chi connectivity index (χ1n) is 6.98. The number of sulfonamides is 1. The molecule has 0 spiro atoms. The second-order valence-electron chi connectivity index (χ2n) is 5.06. The number of methoxy groups -OCH3 is 1. The predicted octanol–water partition coefficient (Wildman–Crippen LogP) is 1.11. The molecule has 0 amide bonds. The summed E-state index contributed by atoms with van der Waals surface area (Å²) < 4.78 is 55.1. The van der Waals surface area contributed by atoms with E-state index in [1.54, 1.807) is 18.2 Å². The van der Waals surface area contributed by atoms with Crippen LogP contribution in [0.2, 0.25) is 0 Å². The number of benzene rings is 1. The van der Waals surface area contributed by atoms with Crippen molar-refractivity contribution < 1.29 is 21.6 Å². The van der Waals surface area contributed by atoms with Crippen LogP contribution < -0.4 is 9.46 Å². The van der Waals surface area contributed by atoms with Crippen LogP contribution in [-0.2, 0) is 31.4 Å². The Bertz CT molecular complexity index is 907. The standard InChI is InChI=1S/C15H18N2O5S2/c1-16-24(20,21)14-8-6-12(7-9-14)10-23(18,19)11-13-4-3-5-15(17-13)22-2/h3-9,16H,10-11H2,1-2H3. The van der Waals surface area contributed by atoms with Crippen LogP contribution >= 0.6 is 0 Å². The number of nitrogens with zero attached hydrogens (tertiary/aromatic N) is 1. The molecule has 0 aliphatic rings. The van der Waals surface area contributed by atoms with Gasteiger partial charge in [0.2, 0.25) is 15.9 Å². The summed E-state index contributed by atoms with van der Waals surface area (Å²) in [5.41, 5.74) is 0.900. The third-order valence-electron chi connectivity index (χ3n) is 3.25. The van der Waals surface area contributed by atoms with Gasteiger partial charge in [0.05, 0.1) is 29.2 Å². The zero-order valence-corrected chi connectivity index (χ0v) is 14.9. The molecule has 0 fully saturated rings. The van der Waals surface area contributed by atoms with E-state index in [0.717, 1.165) is 0 Å². The van der Waals surface area contributed by atoms with Crippen molar-refractivity contribution in [1.29, 1.82) is 0 Å². The Morgan fingerprint density at radius 3 is 2.25 bits per heavy atom. The highest BCUT2D eigenvalue weighted by atomic mass is 32.2. The molecule has 2 rings (SSSR count). The molecule has 0 aliphatic carbocycles. The van der Waals surface area contributed by atoms with Gasteiger partial charge < -0.3 is 4.74 Å². The number of rotatable bonds is 7. The first-order valence-corrected chi connectivity index (χ1v) is 10.3. The molecule has 1 heterocycles. The van der Waals surface area contributed by atoms with Crippen LogP contribution in [0, 0.1) is 0 Å². The van der Waals surface area contributed by atoms with Crippen molar-refractivity contribution in [3.63, 3.8) is 0 Å². The molecule has 1 aromatic carbocycles.